The first-order valence-corrected chi connectivity index (χ1v) is 6.89. The quantitative estimate of drug-likeness (QED) is 0.757. The smallest absolute Gasteiger partial charge is 0.225 e. The predicted molar refractivity (Wildman–Crippen MR) is 64.6 cm³/mol. The second-order valence-electron chi connectivity index (χ2n) is 5.68. The third-order valence-corrected chi connectivity index (χ3v) is 4.91. The summed E-state index contributed by atoms with van der Waals surface area (Å²) in [6.45, 7) is 4.54. The van der Waals surface area contributed by atoms with Crippen LogP contribution in [-0.4, -0.2) is 37.7 Å². The Hall–Kier alpha value is -0.610. The van der Waals surface area contributed by atoms with Crippen molar-refractivity contribution in [3.63, 3.8) is 0 Å². The van der Waals surface area contributed by atoms with Crippen LogP contribution in [0.3, 0.4) is 0 Å². The lowest BCUT2D eigenvalue weighted by atomic mass is 9.51. The number of hydrogen-bond acceptors (Lipinski definition) is 3. The first-order valence-electron chi connectivity index (χ1n) is 6.89. The third-order valence-electron chi connectivity index (χ3n) is 4.91. The Morgan fingerprint density at radius 3 is 2.71 bits per heavy atom. The minimum absolute atomic E-state index is 0.207. The van der Waals surface area contributed by atoms with Crippen molar-refractivity contribution in [3.8, 4) is 0 Å². The van der Waals surface area contributed by atoms with Crippen molar-refractivity contribution in [2.24, 2.45) is 11.3 Å². The van der Waals surface area contributed by atoms with Crippen molar-refractivity contribution in [3.05, 3.63) is 0 Å². The van der Waals surface area contributed by atoms with Crippen molar-refractivity contribution in [2.75, 3.05) is 19.7 Å². The molecule has 1 heterocycles. The fourth-order valence-electron chi connectivity index (χ4n) is 3.40. The van der Waals surface area contributed by atoms with Gasteiger partial charge < -0.3 is 15.4 Å². The summed E-state index contributed by atoms with van der Waals surface area (Å²) in [6, 6.07) is 0.376. The average Bonchev–Trinajstić information content (AvgIpc) is 2.10. The molecule has 1 amide bonds. The summed E-state index contributed by atoms with van der Waals surface area (Å²) >= 11 is 0. The summed E-state index contributed by atoms with van der Waals surface area (Å²) in [5.41, 5.74) is 0.294. The Morgan fingerprint density at radius 1 is 1.47 bits per heavy atom. The van der Waals surface area contributed by atoms with Crippen LogP contribution in [0.15, 0.2) is 0 Å². The second-order valence-corrected chi connectivity index (χ2v) is 5.68. The van der Waals surface area contributed by atoms with Crippen molar-refractivity contribution >= 4 is 5.91 Å². The molecule has 4 heteroatoms. The van der Waals surface area contributed by atoms with Crippen LogP contribution in [0.4, 0.5) is 0 Å². The van der Waals surface area contributed by atoms with E-state index < -0.39 is 0 Å². The summed E-state index contributed by atoms with van der Waals surface area (Å²) in [5, 5.41) is 6.38. The lowest BCUT2D eigenvalue weighted by molar-refractivity contribution is -0.177. The zero-order chi connectivity index (χ0) is 11.9. The first kappa shape index (κ1) is 11.5. The molecule has 2 unspecified atom stereocenters. The van der Waals surface area contributed by atoms with Crippen molar-refractivity contribution in [1.82, 2.24) is 10.6 Å². The Labute approximate surface area is 102 Å². The van der Waals surface area contributed by atoms with Crippen molar-refractivity contribution in [2.45, 2.75) is 44.8 Å². The van der Waals surface area contributed by atoms with E-state index in [1.165, 1.54) is 19.3 Å². The molecule has 96 valence electrons. The van der Waals surface area contributed by atoms with E-state index in [2.05, 4.69) is 17.6 Å². The Morgan fingerprint density at radius 2 is 2.24 bits per heavy atom. The van der Waals surface area contributed by atoms with Gasteiger partial charge in [-0.1, -0.05) is 6.42 Å². The van der Waals surface area contributed by atoms with E-state index in [9.17, 15) is 4.79 Å². The highest BCUT2D eigenvalue weighted by Crippen LogP contribution is 2.57. The monoisotopic (exact) mass is 238 g/mol. The summed E-state index contributed by atoms with van der Waals surface area (Å²) in [4.78, 5) is 11.9. The minimum atomic E-state index is 0.207. The molecule has 0 radical (unpaired) electrons. The molecule has 3 fully saturated rings. The van der Waals surface area contributed by atoms with E-state index >= 15 is 0 Å². The van der Waals surface area contributed by atoms with Gasteiger partial charge in [-0.15, -0.1) is 0 Å². The van der Waals surface area contributed by atoms with Crippen LogP contribution in [0.1, 0.15) is 32.6 Å². The lowest BCUT2D eigenvalue weighted by Gasteiger charge is -2.61. The summed E-state index contributed by atoms with van der Waals surface area (Å²) < 4.78 is 5.78. The number of amides is 1. The molecule has 2 atom stereocenters. The number of carbonyl (C=O) groups excluding carboxylic acids is 1. The maximum absolute atomic E-state index is 11.9. The van der Waals surface area contributed by atoms with Crippen LogP contribution in [0.2, 0.25) is 0 Å². The topological polar surface area (TPSA) is 50.4 Å². The van der Waals surface area contributed by atoms with Crippen LogP contribution >= 0.6 is 0 Å². The van der Waals surface area contributed by atoms with Gasteiger partial charge in [-0.05, 0) is 26.2 Å². The third kappa shape index (κ3) is 1.69. The SMILES string of the molecule is CCOC1CC(NC(=O)C2CNC2)C12CCC2. The molecule has 1 aliphatic heterocycles. The summed E-state index contributed by atoms with van der Waals surface area (Å²) in [5.74, 6) is 0.452. The molecular formula is C13H22N2O2. The van der Waals surface area contributed by atoms with Crippen molar-refractivity contribution in [1.29, 1.82) is 0 Å². The Balaban J connectivity index is 1.56. The normalized spacial score (nSPS) is 34.6. The minimum Gasteiger partial charge on any atom is -0.378 e. The van der Waals surface area contributed by atoms with Gasteiger partial charge in [-0.3, -0.25) is 4.79 Å². The van der Waals surface area contributed by atoms with Gasteiger partial charge in [0.2, 0.25) is 5.91 Å². The maximum Gasteiger partial charge on any atom is 0.225 e. The van der Waals surface area contributed by atoms with E-state index in [4.69, 9.17) is 4.74 Å². The lowest BCUT2D eigenvalue weighted by Crippen LogP contribution is -2.69. The van der Waals surface area contributed by atoms with E-state index in [1.54, 1.807) is 0 Å². The van der Waals surface area contributed by atoms with E-state index in [-0.39, 0.29) is 11.8 Å². The molecular weight excluding hydrogens is 216 g/mol. The van der Waals surface area contributed by atoms with Crippen LogP contribution in [0.5, 0.6) is 0 Å². The molecule has 3 aliphatic rings. The molecule has 1 spiro atoms. The number of carbonyl (C=O) groups is 1. The molecule has 0 aromatic carbocycles. The zero-order valence-corrected chi connectivity index (χ0v) is 10.5. The molecule has 3 rings (SSSR count). The fraction of sp³-hybridized carbons (Fsp3) is 0.923. The average molecular weight is 238 g/mol. The summed E-state index contributed by atoms with van der Waals surface area (Å²) in [7, 11) is 0. The highest BCUT2D eigenvalue weighted by molar-refractivity contribution is 5.80. The second kappa shape index (κ2) is 4.25. The molecule has 2 N–H and O–H groups in total. The van der Waals surface area contributed by atoms with E-state index in [1.807, 2.05) is 0 Å². The number of ether oxygens (including phenoxy) is 1. The van der Waals surface area contributed by atoms with E-state index in [0.29, 0.717) is 17.6 Å². The van der Waals surface area contributed by atoms with Gasteiger partial charge in [-0.2, -0.15) is 0 Å². The Kier molecular flexibility index (Phi) is 2.87. The predicted octanol–water partition coefficient (Wildman–Crippen LogP) is 0.670. The molecule has 0 aromatic rings. The van der Waals surface area contributed by atoms with Gasteiger partial charge in [0.05, 0.1) is 12.0 Å². The number of nitrogens with one attached hydrogen (secondary N) is 2. The molecule has 1 saturated heterocycles. The van der Waals surface area contributed by atoms with Gasteiger partial charge in [0, 0.05) is 31.2 Å². The number of rotatable bonds is 4. The zero-order valence-electron chi connectivity index (χ0n) is 10.5. The van der Waals surface area contributed by atoms with Gasteiger partial charge >= 0.3 is 0 Å². The molecule has 0 aromatic heterocycles. The first-order chi connectivity index (χ1) is 8.26. The number of hydrogen-bond donors (Lipinski definition) is 2. The molecule has 0 bridgehead atoms. The van der Waals surface area contributed by atoms with Crippen LogP contribution in [0.25, 0.3) is 0 Å². The van der Waals surface area contributed by atoms with Crippen LogP contribution < -0.4 is 10.6 Å². The molecule has 2 aliphatic carbocycles. The Bertz CT molecular complexity index is 311. The van der Waals surface area contributed by atoms with Gasteiger partial charge in [0.15, 0.2) is 0 Å². The van der Waals surface area contributed by atoms with Crippen molar-refractivity contribution < 1.29 is 9.53 Å². The molecule has 2 saturated carbocycles. The molecule has 4 nitrogen and oxygen atoms in total. The fourth-order valence-corrected chi connectivity index (χ4v) is 3.40. The van der Waals surface area contributed by atoms with Gasteiger partial charge in [-0.25, -0.2) is 0 Å². The van der Waals surface area contributed by atoms with Crippen LogP contribution in [0, 0.1) is 11.3 Å². The highest BCUT2D eigenvalue weighted by Gasteiger charge is 2.59. The van der Waals surface area contributed by atoms with Gasteiger partial charge in [0.1, 0.15) is 0 Å². The highest BCUT2D eigenvalue weighted by atomic mass is 16.5. The standard InChI is InChI=1S/C13H22N2O2/c1-2-17-11-6-10(13(11)4-3-5-13)15-12(16)9-7-14-8-9/h9-11,14H,2-8H2,1H3,(H,15,16). The van der Waals surface area contributed by atoms with Crippen LogP contribution in [-0.2, 0) is 9.53 Å². The van der Waals surface area contributed by atoms with E-state index in [0.717, 1.165) is 26.1 Å². The largest absolute Gasteiger partial charge is 0.378 e. The summed E-state index contributed by atoms with van der Waals surface area (Å²) in [6.07, 6.45) is 5.16. The molecule has 17 heavy (non-hydrogen) atoms. The van der Waals surface area contributed by atoms with Gasteiger partial charge in [0.25, 0.3) is 0 Å². The maximum atomic E-state index is 11.9.